The molecule has 0 spiro atoms. The van der Waals surface area contributed by atoms with Crippen LogP contribution in [0.4, 0.5) is 0 Å². The monoisotopic (exact) mass is 262 g/mol. The van der Waals surface area contributed by atoms with Crippen molar-refractivity contribution in [2.45, 2.75) is 0 Å². The molecule has 0 saturated heterocycles. The topological polar surface area (TPSA) is 149 Å². The predicted octanol–water partition coefficient (Wildman–Crippen LogP) is -4.46. The van der Waals surface area contributed by atoms with Crippen LogP contribution in [-0.2, 0) is 32.8 Å². The van der Waals surface area contributed by atoms with Crippen molar-refractivity contribution in [2.24, 2.45) is 11.5 Å². The molecule has 0 unspecified atom stereocenters. The third-order valence-corrected chi connectivity index (χ3v) is 0.285. The normalized spacial score (nSPS) is 6.42. The van der Waals surface area contributed by atoms with Gasteiger partial charge in [-0.2, -0.15) is 0 Å². The molecule has 0 aromatic rings. The number of amides is 2. The maximum atomic E-state index is 9.28. The van der Waals surface area contributed by atoms with Gasteiger partial charge in [-0.1, -0.05) is 13.2 Å². The molecule has 0 radical (unpaired) electrons. The first-order chi connectivity index (χ1) is 5.54. The fourth-order valence-corrected chi connectivity index (χ4v) is 0. The number of primary amides is 2. The summed E-state index contributed by atoms with van der Waals surface area (Å²) in [6, 6.07) is 0. The van der Waals surface area contributed by atoms with Gasteiger partial charge < -0.3 is 21.7 Å². The Morgan fingerprint density at radius 1 is 1.00 bits per heavy atom. The van der Waals surface area contributed by atoms with Crippen molar-refractivity contribution in [3.63, 3.8) is 0 Å². The molecule has 7 nitrogen and oxygen atoms in total. The Morgan fingerprint density at radius 2 is 1.08 bits per heavy atom. The summed E-state index contributed by atoms with van der Waals surface area (Å²) in [4.78, 5) is 18.6. The summed E-state index contributed by atoms with van der Waals surface area (Å²) < 4.78 is 8.26. The van der Waals surface area contributed by atoms with Gasteiger partial charge in [0.2, 0.25) is 11.8 Å². The molecule has 0 aliphatic rings. The third-order valence-electron chi connectivity index (χ3n) is 0.285. The molecule has 2 amide bonds. The Hall–Kier alpha value is -0.652. The van der Waals surface area contributed by atoms with Crippen LogP contribution in [0.25, 0.3) is 0 Å². The summed E-state index contributed by atoms with van der Waals surface area (Å²) in [5, 5.41) is 18.3. The van der Waals surface area contributed by atoms with Crippen LogP contribution in [0.15, 0.2) is 0 Å². The second kappa shape index (κ2) is 16.7. The van der Waals surface area contributed by atoms with Gasteiger partial charge in [0.25, 0.3) is 0 Å². The van der Waals surface area contributed by atoms with Gasteiger partial charge in [0.15, 0.2) is 0 Å². The van der Waals surface area contributed by atoms with E-state index in [2.05, 4.69) is 11.5 Å². The van der Waals surface area contributed by atoms with Gasteiger partial charge in [-0.3, -0.25) is 9.59 Å². The number of carbonyl (C=O) groups excluding carboxylic acids is 2. The van der Waals surface area contributed by atoms with Crippen LogP contribution < -0.4 is 21.7 Å². The fraction of sp³-hybridized carbons (Fsp3) is 0.500. The van der Waals surface area contributed by atoms with Gasteiger partial charge in [-0.25, -0.2) is 0 Å². The van der Waals surface area contributed by atoms with Gasteiger partial charge in [-0.05, 0) is 0 Å². The van der Waals surface area contributed by atoms with Gasteiger partial charge in [-0.15, -0.1) is 0 Å². The average molecular weight is 260 g/mol. The van der Waals surface area contributed by atoms with E-state index in [1.165, 1.54) is 0 Å². The van der Waals surface area contributed by atoms with Crippen molar-refractivity contribution in [1.29, 1.82) is 0 Å². The summed E-state index contributed by atoms with van der Waals surface area (Å²) in [5.41, 5.74) is 8.68. The van der Waals surface area contributed by atoms with E-state index in [-0.39, 0.29) is 0 Å². The first-order valence-corrected chi connectivity index (χ1v) is 3.26. The molecular formula is C4H8MoN2O5. The van der Waals surface area contributed by atoms with Gasteiger partial charge in [0.05, 0.1) is 0 Å². The molecule has 0 heterocycles. The third kappa shape index (κ3) is 58.1. The zero-order chi connectivity index (χ0) is 10.6. The zero-order valence-electron chi connectivity index (χ0n) is 6.02. The van der Waals surface area contributed by atoms with Crippen LogP contribution in [0, 0.1) is 0 Å². The molecule has 0 rings (SSSR count). The molecule has 4 N–H and O–H groups in total. The standard InChI is InChI=1S/2C2H4NO2.Mo.O/c2*3-2(5)1-4;;/h2*1H2,(H2,3,5);;/q2*-1;+2;. The predicted molar refractivity (Wildman–Crippen MR) is 28.8 cm³/mol. The second-order valence-electron chi connectivity index (χ2n) is 1.22. The van der Waals surface area contributed by atoms with Crippen LogP contribution in [0.5, 0.6) is 0 Å². The van der Waals surface area contributed by atoms with E-state index in [1.54, 1.807) is 0 Å². The van der Waals surface area contributed by atoms with Crippen molar-refractivity contribution < 1.29 is 43.0 Å². The molecule has 0 aromatic heterocycles. The molecule has 0 fully saturated rings. The molecule has 0 saturated carbocycles. The zero-order valence-corrected chi connectivity index (χ0v) is 8.03. The molecule has 0 atom stereocenters. The molecular weight excluding hydrogens is 252 g/mol. The van der Waals surface area contributed by atoms with Gasteiger partial charge in [0, 0.05) is 0 Å². The minimum absolute atomic E-state index is 0.700. The number of hydrogen-bond acceptors (Lipinski definition) is 5. The van der Waals surface area contributed by atoms with Crippen molar-refractivity contribution >= 4 is 11.8 Å². The van der Waals surface area contributed by atoms with Gasteiger partial charge >= 0.3 is 23.2 Å². The average Bonchev–Trinajstić information content (AvgIpc) is 2.09. The van der Waals surface area contributed by atoms with Crippen LogP contribution in [0.3, 0.4) is 0 Å². The van der Waals surface area contributed by atoms with Crippen molar-refractivity contribution in [2.75, 3.05) is 13.2 Å². The summed E-state index contributed by atoms with van der Waals surface area (Å²) in [6.45, 7) is -1.61. The molecule has 0 aliphatic heterocycles. The van der Waals surface area contributed by atoms with E-state index in [0.29, 0.717) is 19.8 Å². The Kier molecular flexibility index (Phi) is 24.3. The quantitative estimate of drug-likeness (QED) is 0.480. The minimum atomic E-state index is -0.806. The number of hydrogen-bond donors (Lipinski definition) is 2. The Morgan fingerprint density at radius 3 is 1.08 bits per heavy atom. The number of nitrogens with two attached hydrogens (primary N) is 2. The molecule has 70 valence electrons. The van der Waals surface area contributed by atoms with E-state index in [4.69, 9.17) is 13.6 Å². The van der Waals surface area contributed by atoms with E-state index in [1.807, 2.05) is 0 Å². The van der Waals surface area contributed by atoms with E-state index >= 15 is 0 Å². The van der Waals surface area contributed by atoms with Crippen LogP contribution in [0.2, 0.25) is 0 Å². The Balaban J connectivity index is -0.000000112. The first kappa shape index (κ1) is 17.4. The van der Waals surface area contributed by atoms with E-state index < -0.39 is 25.0 Å². The van der Waals surface area contributed by atoms with Crippen LogP contribution >= 0.6 is 0 Å². The maximum absolute atomic E-state index is 9.28. The molecule has 0 bridgehead atoms. The van der Waals surface area contributed by atoms with E-state index in [0.717, 1.165) is 0 Å². The molecule has 0 aliphatic carbocycles. The Labute approximate surface area is 79.9 Å². The molecule has 8 heteroatoms. The van der Waals surface area contributed by atoms with Crippen LogP contribution in [-0.4, -0.2) is 25.0 Å². The van der Waals surface area contributed by atoms with Crippen molar-refractivity contribution in [1.82, 2.24) is 0 Å². The van der Waals surface area contributed by atoms with Crippen molar-refractivity contribution in [3.05, 3.63) is 0 Å². The number of carbonyl (C=O) groups is 2. The number of rotatable bonds is 2. The fourth-order valence-electron chi connectivity index (χ4n) is 0. The molecule has 0 aromatic carbocycles. The first-order valence-electron chi connectivity index (χ1n) is 2.44. The van der Waals surface area contributed by atoms with Crippen molar-refractivity contribution in [3.8, 4) is 0 Å². The van der Waals surface area contributed by atoms with Gasteiger partial charge in [0.1, 0.15) is 0 Å². The van der Waals surface area contributed by atoms with Crippen LogP contribution in [0.1, 0.15) is 0 Å². The SMILES string of the molecule is NC(=O)C[O-].NC(=O)C[O-].[O]=[Mo+2]. The summed E-state index contributed by atoms with van der Waals surface area (Å²) >= 11 is 0.700. The molecule has 12 heavy (non-hydrogen) atoms. The van der Waals surface area contributed by atoms with E-state index in [9.17, 15) is 9.59 Å². The second-order valence-corrected chi connectivity index (χ2v) is 1.22. The summed E-state index contributed by atoms with van der Waals surface area (Å²) in [7, 11) is 0. The Bertz CT molecular complexity index is 117. The summed E-state index contributed by atoms with van der Waals surface area (Å²) in [5.74, 6) is -1.60. The summed E-state index contributed by atoms with van der Waals surface area (Å²) in [6.07, 6.45) is 0.